The Hall–Kier alpha value is -3.80. The van der Waals surface area contributed by atoms with Crippen LogP contribution in [-0.2, 0) is 6.42 Å². The molecule has 2 saturated heterocycles. The van der Waals surface area contributed by atoms with E-state index in [1.165, 1.54) is 5.56 Å². The summed E-state index contributed by atoms with van der Waals surface area (Å²) in [5.74, 6) is 0.712. The van der Waals surface area contributed by atoms with Crippen molar-refractivity contribution in [3.05, 3.63) is 89.0 Å². The van der Waals surface area contributed by atoms with Crippen molar-refractivity contribution in [2.24, 2.45) is 5.92 Å². The van der Waals surface area contributed by atoms with E-state index in [1.54, 1.807) is 0 Å². The SMILES string of the molecule is Cc1cccc(NC(=O)Nc2ccc(N3CCC(Cc4ccccc4)CC3)c(C(=O)N3CCCC3)c2)c1C. The number of aryl methyl sites for hydroxylation is 1. The summed E-state index contributed by atoms with van der Waals surface area (Å²) in [4.78, 5) is 30.7. The summed E-state index contributed by atoms with van der Waals surface area (Å²) in [5.41, 5.74) is 6.62. The standard InChI is InChI=1S/C32H38N4O2/c1-23-9-8-12-29(24(23)2)34-32(38)33-27-13-14-30(28(22-27)31(37)36-17-6-7-18-36)35-19-15-26(16-20-35)21-25-10-4-3-5-11-25/h3-5,8-14,22,26H,6-7,15-21H2,1-2H3,(H2,33,34,38). The zero-order chi connectivity index (χ0) is 26.5. The average Bonchev–Trinajstić information content (AvgIpc) is 3.47. The quantitative estimate of drug-likeness (QED) is 0.391. The van der Waals surface area contributed by atoms with E-state index in [0.29, 0.717) is 17.2 Å². The van der Waals surface area contributed by atoms with Gasteiger partial charge in [-0.1, -0.05) is 42.5 Å². The fraction of sp³-hybridized carbons (Fsp3) is 0.375. The summed E-state index contributed by atoms with van der Waals surface area (Å²) in [6.07, 6.45) is 5.39. The number of anilines is 3. The molecule has 0 aromatic heterocycles. The first kappa shape index (κ1) is 25.8. The summed E-state index contributed by atoms with van der Waals surface area (Å²) in [7, 11) is 0. The van der Waals surface area contributed by atoms with Crippen LogP contribution in [0, 0.1) is 19.8 Å². The van der Waals surface area contributed by atoms with E-state index < -0.39 is 0 Å². The molecule has 0 aliphatic carbocycles. The minimum absolute atomic E-state index is 0.0579. The van der Waals surface area contributed by atoms with Crippen LogP contribution < -0.4 is 15.5 Å². The van der Waals surface area contributed by atoms with Gasteiger partial charge in [-0.15, -0.1) is 0 Å². The maximum absolute atomic E-state index is 13.6. The molecule has 2 N–H and O–H groups in total. The first-order valence-corrected chi connectivity index (χ1v) is 13.8. The Morgan fingerprint density at radius 2 is 1.58 bits per heavy atom. The van der Waals surface area contributed by atoms with Crippen LogP contribution >= 0.6 is 0 Å². The van der Waals surface area contributed by atoms with Crippen LogP contribution in [0.5, 0.6) is 0 Å². The van der Waals surface area contributed by atoms with Gasteiger partial charge in [0, 0.05) is 43.2 Å². The highest BCUT2D eigenvalue weighted by Crippen LogP contribution is 2.31. The number of carbonyl (C=O) groups is 2. The monoisotopic (exact) mass is 510 g/mol. The van der Waals surface area contributed by atoms with E-state index in [-0.39, 0.29) is 11.9 Å². The maximum atomic E-state index is 13.6. The molecule has 2 heterocycles. The number of rotatable bonds is 6. The predicted molar refractivity (Wildman–Crippen MR) is 155 cm³/mol. The molecule has 3 amide bonds. The van der Waals surface area contributed by atoms with Gasteiger partial charge in [-0.05, 0) is 92.8 Å². The number of piperidine rings is 1. The van der Waals surface area contributed by atoms with Crippen molar-refractivity contribution in [3.8, 4) is 0 Å². The first-order valence-electron chi connectivity index (χ1n) is 13.8. The molecule has 0 radical (unpaired) electrons. The lowest BCUT2D eigenvalue weighted by atomic mass is 9.89. The number of carbonyl (C=O) groups excluding carboxylic acids is 2. The first-order chi connectivity index (χ1) is 18.5. The number of amides is 3. The van der Waals surface area contributed by atoms with Gasteiger partial charge in [0.1, 0.15) is 0 Å². The molecular formula is C32H38N4O2. The molecule has 0 atom stereocenters. The van der Waals surface area contributed by atoms with Crippen LogP contribution in [0.2, 0.25) is 0 Å². The van der Waals surface area contributed by atoms with E-state index in [1.807, 2.05) is 55.1 Å². The molecule has 2 aliphatic rings. The highest BCUT2D eigenvalue weighted by molar-refractivity contribution is 6.04. The van der Waals surface area contributed by atoms with Crippen LogP contribution in [0.1, 0.15) is 52.7 Å². The summed E-state index contributed by atoms with van der Waals surface area (Å²) in [6, 6.07) is 22.0. The summed E-state index contributed by atoms with van der Waals surface area (Å²) in [5, 5.41) is 5.90. The minimum atomic E-state index is -0.312. The van der Waals surface area contributed by atoms with Crippen molar-refractivity contribution >= 4 is 29.0 Å². The fourth-order valence-electron chi connectivity index (χ4n) is 5.65. The van der Waals surface area contributed by atoms with Crippen molar-refractivity contribution in [2.75, 3.05) is 41.7 Å². The van der Waals surface area contributed by atoms with Gasteiger partial charge in [0.05, 0.1) is 5.56 Å². The lowest BCUT2D eigenvalue weighted by molar-refractivity contribution is 0.0793. The van der Waals surface area contributed by atoms with Crippen LogP contribution in [0.15, 0.2) is 66.7 Å². The normalized spacial score (nSPS) is 15.9. The molecule has 0 unspecified atom stereocenters. The number of nitrogens with one attached hydrogen (secondary N) is 2. The second-order valence-electron chi connectivity index (χ2n) is 10.7. The molecule has 6 heteroatoms. The van der Waals surface area contributed by atoms with Crippen molar-refractivity contribution in [3.63, 3.8) is 0 Å². The van der Waals surface area contributed by atoms with Gasteiger partial charge >= 0.3 is 6.03 Å². The Morgan fingerprint density at radius 3 is 2.32 bits per heavy atom. The molecule has 0 bridgehead atoms. The molecule has 0 spiro atoms. The van der Waals surface area contributed by atoms with E-state index in [4.69, 9.17) is 0 Å². The van der Waals surface area contributed by atoms with Crippen molar-refractivity contribution < 1.29 is 9.59 Å². The third-order valence-electron chi connectivity index (χ3n) is 8.05. The Labute approximate surface area is 226 Å². The highest BCUT2D eigenvalue weighted by Gasteiger charge is 2.27. The second-order valence-corrected chi connectivity index (χ2v) is 10.7. The number of likely N-dealkylation sites (tertiary alicyclic amines) is 1. The third kappa shape index (κ3) is 6.01. The Kier molecular flexibility index (Phi) is 7.97. The van der Waals surface area contributed by atoms with Gasteiger partial charge in [0.25, 0.3) is 5.91 Å². The molecule has 6 nitrogen and oxygen atoms in total. The molecule has 3 aromatic carbocycles. The smallest absolute Gasteiger partial charge is 0.323 e. The molecule has 2 aliphatic heterocycles. The van der Waals surface area contributed by atoms with E-state index in [9.17, 15) is 9.59 Å². The van der Waals surface area contributed by atoms with Crippen LogP contribution in [0.4, 0.5) is 21.9 Å². The van der Waals surface area contributed by atoms with Gasteiger partial charge < -0.3 is 20.4 Å². The second kappa shape index (κ2) is 11.7. The van der Waals surface area contributed by atoms with Crippen LogP contribution in [0.25, 0.3) is 0 Å². The van der Waals surface area contributed by atoms with E-state index in [2.05, 4.69) is 45.9 Å². The molecule has 3 aromatic rings. The number of nitrogens with zero attached hydrogens (tertiary/aromatic N) is 2. The van der Waals surface area contributed by atoms with Crippen molar-refractivity contribution in [1.29, 1.82) is 0 Å². The highest BCUT2D eigenvalue weighted by atomic mass is 16.2. The Balaban J connectivity index is 1.31. The van der Waals surface area contributed by atoms with E-state index >= 15 is 0 Å². The lowest BCUT2D eigenvalue weighted by Crippen LogP contribution is -2.36. The molecule has 0 saturated carbocycles. The maximum Gasteiger partial charge on any atom is 0.323 e. The zero-order valence-corrected chi connectivity index (χ0v) is 22.5. The molecule has 5 rings (SSSR count). The predicted octanol–water partition coefficient (Wildman–Crippen LogP) is 6.64. The van der Waals surface area contributed by atoms with E-state index in [0.717, 1.165) is 80.8 Å². The largest absolute Gasteiger partial charge is 0.371 e. The topological polar surface area (TPSA) is 64.7 Å². The average molecular weight is 511 g/mol. The number of hydrogen-bond acceptors (Lipinski definition) is 3. The van der Waals surface area contributed by atoms with Crippen molar-refractivity contribution in [2.45, 2.75) is 46.0 Å². The fourth-order valence-corrected chi connectivity index (χ4v) is 5.65. The molecular weight excluding hydrogens is 472 g/mol. The number of hydrogen-bond donors (Lipinski definition) is 2. The Bertz CT molecular complexity index is 1280. The van der Waals surface area contributed by atoms with Gasteiger partial charge in [-0.2, -0.15) is 0 Å². The minimum Gasteiger partial charge on any atom is -0.371 e. The van der Waals surface area contributed by atoms with Crippen LogP contribution in [-0.4, -0.2) is 43.0 Å². The molecule has 38 heavy (non-hydrogen) atoms. The molecule has 198 valence electrons. The van der Waals surface area contributed by atoms with Gasteiger partial charge in [-0.3, -0.25) is 4.79 Å². The lowest BCUT2D eigenvalue weighted by Gasteiger charge is -2.35. The van der Waals surface area contributed by atoms with Gasteiger partial charge in [0.2, 0.25) is 0 Å². The Morgan fingerprint density at radius 1 is 0.842 bits per heavy atom. The summed E-state index contributed by atoms with van der Waals surface area (Å²) >= 11 is 0. The number of urea groups is 1. The third-order valence-corrected chi connectivity index (χ3v) is 8.05. The summed E-state index contributed by atoms with van der Waals surface area (Å²) < 4.78 is 0. The summed E-state index contributed by atoms with van der Waals surface area (Å²) in [6.45, 7) is 7.47. The molecule has 2 fully saturated rings. The zero-order valence-electron chi connectivity index (χ0n) is 22.5. The number of benzene rings is 3. The van der Waals surface area contributed by atoms with Gasteiger partial charge in [-0.25, -0.2) is 4.79 Å². The van der Waals surface area contributed by atoms with Crippen molar-refractivity contribution in [1.82, 2.24) is 4.90 Å². The van der Waals surface area contributed by atoms with Crippen LogP contribution in [0.3, 0.4) is 0 Å². The van der Waals surface area contributed by atoms with Gasteiger partial charge in [0.15, 0.2) is 0 Å².